The fourth-order valence-corrected chi connectivity index (χ4v) is 1.19. The SMILES string of the molecule is CC(O)(c1ccc(F)c(F)c1)C(Cl)Cl. The summed E-state index contributed by atoms with van der Waals surface area (Å²) in [5, 5.41) is 9.73. The normalized spacial score (nSPS) is 15.6. The van der Waals surface area contributed by atoms with Gasteiger partial charge in [-0.2, -0.15) is 0 Å². The monoisotopic (exact) mass is 240 g/mol. The van der Waals surface area contributed by atoms with E-state index in [-0.39, 0.29) is 5.56 Å². The van der Waals surface area contributed by atoms with E-state index >= 15 is 0 Å². The van der Waals surface area contributed by atoms with Gasteiger partial charge in [0.05, 0.1) is 0 Å². The topological polar surface area (TPSA) is 20.2 Å². The van der Waals surface area contributed by atoms with Crippen LogP contribution in [0.1, 0.15) is 12.5 Å². The van der Waals surface area contributed by atoms with Crippen molar-refractivity contribution in [1.82, 2.24) is 0 Å². The van der Waals surface area contributed by atoms with Gasteiger partial charge in [-0.1, -0.05) is 6.07 Å². The van der Waals surface area contributed by atoms with Crippen LogP contribution in [0.25, 0.3) is 0 Å². The third-order valence-corrected chi connectivity index (χ3v) is 2.78. The van der Waals surface area contributed by atoms with Gasteiger partial charge in [-0.25, -0.2) is 8.78 Å². The third kappa shape index (κ3) is 2.16. The Hall–Kier alpha value is -0.380. The van der Waals surface area contributed by atoms with Crippen LogP contribution in [-0.4, -0.2) is 9.94 Å². The molecule has 0 spiro atoms. The number of halogens is 4. The van der Waals surface area contributed by atoms with Gasteiger partial charge in [0, 0.05) is 0 Å². The maximum absolute atomic E-state index is 12.8. The molecule has 78 valence electrons. The summed E-state index contributed by atoms with van der Waals surface area (Å²) in [6.45, 7) is 1.32. The molecule has 1 rings (SSSR count). The molecule has 5 heteroatoms. The Morgan fingerprint density at radius 1 is 1.29 bits per heavy atom. The van der Waals surface area contributed by atoms with Gasteiger partial charge in [0.25, 0.3) is 0 Å². The van der Waals surface area contributed by atoms with Gasteiger partial charge in [-0.05, 0) is 24.6 Å². The van der Waals surface area contributed by atoms with E-state index in [4.69, 9.17) is 23.2 Å². The Morgan fingerprint density at radius 3 is 2.29 bits per heavy atom. The predicted octanol–water partition coefficient (Wildman–Crippen LogP) is 2.98. The molecule has 0 saturated carbocycles. The molecule has 0 radical (unpaired) electrons. The Morgan fingerprint density at radius 2 is 1.86 bits per heavy atom. The van der Waals surface area contributed by atoms with E-state index in [2.05, 4.69) is 0 Å². The second-order valence-electron chi connectivity index (χ2n) is 3.08. The summed E-state index contributed by atoms with van der Waals surface area (Å²) in [5.41, 5.74) is -1.47. The lowest BCUT2D eigenvalue weighted by Crippen LogP contribution is -2.29. The van der Waals surface area contributed by atoms with Crippen molar-refractivity contribution in [3.05, 3.63) is 35.4 Å². The molecule has 0 aromatic heterocycles. The molecule has 0 aliphatic carbocycles. The van der Waals surface area contributed by atoms with Crippen LogP contribution in [0.2, 0.25) is 0 Å². The maximum atomic E-state index is 12.8. The van der Waals surface area contributed by atoms with E-state index < -0.39 is 22.1 Å². The smallest absolute Gasteiger partial charge is 0.159 e. The molecule has 1 atom stereocenters. The van der Waals surface area contributed by atoms with Crippen LogP contribution < -0.4 is 0 Å². The largest absolute Gasteiger partial charge is 0.383 e. The van der Waals surface area contributed by atoms with E-state index in [0.717, 1.165) is 12.1 Å². The minimum absolute atomic E-state index is 0.131. The maximum Gasteiger partial charge on any atom is 0.159 e. The lowest BCUT2D eigenvalue weighted by Gasteiger charge is -2.24. The molecule has 0 amide bonds. The van der Waals surface area contributed by atoms with Crippen molar-refractivity contribution in [2.45, 2.75) is 17.4 Å². The molecule has 1 aromatic rings. The summed E-state index contributed by atoms with van der Waals surface area (Å²) in [6, 6.07) is 3.01. The van der Waals surface area contributed by atoms with Crippen molar-refractivity contribution >= 4 is 23.2 Å². The van der Waals surface area contributed by atoms with Gasteiger partial charge < -0.3 is 5.11 Å². The highest BCUT2D eigenvalue weighted by atomic mass is 35.5. The fraction of sp³-hybridized carbons (Fsp3) is 0.333. The van der Waals surface area contributed by atoms with Crippen LogP contribution in [0.15, 0.2) is 18.2 Å². The van der Waals surface area contributed by atoms with Crippen molar-refractivity contribution in [2.24, 2.45) is 0 Å². The predicted molar refractivity (Wildman–Crippen MR) is 51.4 cm³/mol. The number of aliphatic hydroxyl groups is 1. The Labute approximate surface area is 90.3 Å². The lowest BCUT2D eigenvalue weighted by atomic mass is 9.98. The van der Waals surface area contributed by atoms with E-state index in [1.165, 1.54) is 13.0 Å². The van der Waals surface area contributed by atoms with Crippen molar-refractivity contribution in [2.75, 3.05) is 0 Å². The van der Waals surface area contributed by atoms with E-state index in [9.17, 15) is 13.9 Å². The van der Waals surface area contributed by atoms with Crippen LogP contribution in [-0.2, 0) is 5.60 Å². The van der Waals surface area contributed by atoms with Crippen molar-refractivity contribution < 1.29 is 13.9 Å². The Bertz CT molecular complexity index is 340. The minimum Gasteiger partial charge on any atom is -0.383 e. The standard InChI is InChI=1S/C9H8Cl2F2O/c1-9(14,8(10)11)5-2-3-6(12)7(13)4-5/h2-4,8,14H,1H3. The van der Waals surface area contributed by atoms with Gasteiger partial charge in [-0.3, -0.25) is 0 Å². The molecule has 0 aliphatic rings. The first-order valence-electron chi connectivity index (χ1n) is 3.81. The molecule has 1 N–H and O–H groups in total. The minimum atomic E-state index is -1.60. The average molecular weight is 241 g/mol. The fourth-order valence-electron chi connectivity index (χ4n) is 0.937. The Balaban J connectivity index is 3.14. The summed E-state index contributed by atoms with van der Waals surface area (Å²) in [7, 11) is 0. The Kier molecular flexibility index (Phi) is 3.35. The summed E-state index contributed by atoms with van der Waals surface area (Å²) in [5.74, 6) is -2.03. The molecule has 14 heavy (non-hydrogen) atoms. The van der Waals surface area contributed by atoms with Crippen molar-refractivity contribution in [3.63, 3.8) is 0 Å². The first kappa shape index (κ1) is 11.7. The number of alkyl halides is 2. The second-order valence-corrected chi connectivity index (χ2v) is 4.17. The zero-order chi connectivity index (χ0) is 10.9. The van der Waals surface area contributed by atoms with Crippen LogP contribution in [0.4, 0.5) is 8.78 Å². The van der Waals surface area contributed by atoms with Crippen molar-refractivity contribution in [3.8, 4) is 0 Å². The van der Waals surface area contributed by atoms with Crippen LogP contribution >= 0.6 is 23.2 Å². The third-order valence-electron chi connectivity index (χ3n) is 1.93. The number of hydrogen-bond acceptors (Lipinski definition) is 1. The first-order chi connectivity index (χ1) is 6.35. The highest BCUT2D eigenvalue weighted by molar-refractivity contribution is 6.45. The highest BCUT2D eigenvalue weighted by Gasteiger charge is 2.31. The average Bonchev–Trinajstić information content (AvgIpc) is 2.09. The van der Waals surface area contributed by atoms with Gasteiger partial charge in [0.15, 0.2) is 11.6 Å². The highest BCUT2D eigenvalue weighted by Crippen LogP contribution is 2.31. The molecule has 0 heterocycles. The molecule has 0 aliphatic heterocycles. The molecule has 1 aromatic carbocycles. The summed E-state index contributed by atoms with van der Waals surface area (Å²) in [6.07, 6.45) is 0. The zero-order valence-electron chi connectivity index (χ0n) is 7.27. The summed E-state index contributed by atoms with van der Waals surface area (Å²) < 4.78 is 25.4. The molecule has 0 fully saturated rings. The van der Waals surface area contributed by atoms with Gasteiger partial charge in [0.2, 0.25) is 0 Å². The van der Waals surface area contributed by atoms with Crippen LogP contribution in [0.3, 0.4) is 0 Å². The number of benzene rings is 1. The van der Waals surface area contributed by atoms with E-state index in [0.29, 0.717) is 0 Å². The zero-order valence-corrected chi connectivity index (χ0v) is 8.78. The molecule has 1 nitrogen and oxygen atoms in total. The second kappa shape index (κ2) is 4.01. The van der Waals surface area contributed by atoms with Crippen LogP contribution in [0, 0.1) is 11.6 Å². The number of hydrogen-bond donors (Lipinski definition) is 1. The summed E-state index contributed by atoms with van der Waals surface area (Å²) >= 11 is 11.0. The summed E-state index contributed by atoms with van der Waals surface area (Å²) in [4.78, 5) is -1.12. The van der Waals surface area contributed by atoms with Gasteiger partial charge in [0.1, 0.15) is 10.4 Å². The van der Waals surface area contributed by atoms with Gasteiger partial charge in [-0.15, -0.1) is 23.2 Å². The van der Waals surface area contributed by atoms with E-state index in [1.807, 2.05) is 0 Å². The van der Waals surface area contributed by atoms with E-state index in [1.54, 1.807) is 0 Å². The molecule has 1 unspecified atom stereocenters. The molecular weight excluding hydrogens is 233 g/mol. The van der Waals surface area contributed by atoms with Crippen molar-refractivity contribution in [1.29, 1.82) is 0 Å². The van der Waals surface area contributed by atoms with Crippen LogP contribution in [0.5, 0.6) is 0 Å². The molecule has 0 bridgehead atoms. The molecular formula is C9H8Cl2F2O. The molecule has 0 saturated heterocycles. The lowest BCUT2D eigenvalue weighted by molar-refractivity contribution is 0.0716. The number of rotatable bonds is 2. The first-order valence-corrected chi connectivity index (χ1v) is 4.69. The quantitative estimate of drug-likeness (QED) is 0.789. The van der Waals surface area contributed by atoms with Gasteiger partial charge >= 0.3 is 0 Å².